The molecule has 1 aromatic heterocycles. The molecule has 0 spiro atoms. The van der Waals surface area contributed by atoms with Crippen molar-refractivity contribution < 1.29 is 9.21 Å². The summed E-state index contributed by atoms with van der Waals surface area (Å²) in [4.78, 5) is 12.1. The van der Waals surface area contributed by atoms with Crippen molar-refractivity contribution in [1.82, 2.24) is 5.32 Å². The lowest BCUT2D eigenvalue weighted by Gasteiger charge is -2.14. The summed E-state index contributed by atoms with van der Waals surface area (Å²) in [7, 11) is 0. The van der Waals surface area contributed by atoms with Crippen molar-refractivity contribution in [2.45, 2.75) is 33.2 Å². The fourth-order valence-corrected chi connectivity index (χ4v) is 2.11. The molecule has 2 N–H and O–H groups in total. The van der Waals surface area contributed by atoms with E-state index in [4.69, 9.17) is 4.42 Å². The molecule has 0 saturated heterocycles. The number of furan rings is 1. The van der Waals surface area contributed by atoms with Gasteiger partial charge in [-0.15, -0.1) is 0 Å². The average molecular weight is 286 g/mol. The number of hydrogen-bond donors (Lipinski definition) is 2. The quantitative estimate of drug-likeness (QED) is 0.846. The minimum atomic E-state index is -0.227. The van der Waals surface area contributed by atoms with Crippen molar-refractivity contribution >= 4 is 11.6 Å². The SMILES string of the molecule is CCCNC(C)c1cccc(NC(=O)c2ccc(C)o2)c1. The van der Waals surface area contributed by atoms with E-state index in [1.165, 1.54) is 0 Å². The van der Waals surface area contributed by atoms with Crippen molar-refractivity contribution in [2.24, 2.45) is 0 Å². The van der Waals surface area contributed by atoms with Crippen LogP contribution in [0.2, 0.25) is 0 Å². The summed E-state index contributed by atoms with van der Waals surface area (Å²) in [6.45, 7) is 7.05. The normalized spacial score (nSPS) is 12.1. The van der Waals surface area contributed by atoms with Gasteiger partial charge in [-0.3, -0.25) is 4.79 Å². The predicted octanol–water partition coefficient (Wildman–Crippen LogP) is 3.90. The van der Waals surface area contributed by atoms with Gasteiger partial charge in [0.1, 0.15) is 5.76 Å². The summed E-state index contributed by atoms with van der Waals surface area (Å²) in [5, 5.41) is 6.30. The molecule has 0 aliphatic rings. The predicted molar refractivity (Wildman–Crippen MR) is 84.5 cm³/mol. The number of benzene rings is 1. The zero-order chi connectivity index (χ0) is 15.2. The van der Waals surface area contributed by atoms with Crippen LogP contribution in [0.25, 0.3) is 0 Å². The van der Waals surface area contributed by atoms with Crippen molar-refractivity contribution in [3.8, 4) is 0 Å². The molecule has 21 heavy (non-hydrogen) atoms. The number of amides is 1. The third-order valence-electron chi connectivity index (χ3n) is 3.31. The molecule has 2 rings (SSSR count). The second-order valence-corrected chi connectivity index (χ2v) is 5.17. The Balaban J connectivity index is 2.05. The summed E-state index contributed by atoms with van der Waals surface area (Å²) in [6.07, 6.45) is 1.10. The number of rotatable bonds is 6. The Morgan fingerprint density at radius 3 is 2.76 bits per heavy atom. The van der Waals surface area contributed by atoms with Crippen LogP contribution in [0.4, 0.5) is 5.69 Å². The number of nitrogens with one attached hydrogen (secondary N) is 2. The Hall–Kier alpha value is -2.07. The van der Waals surface area contributed by atoms with Gasteiger partial charge in [-0.2, -0.15) is 0 Å². The van der Waals surface area contributed by atoms with Crippen LogP contribution in [0.5, 0.6) is 0 Å². The van der Waals surface area contributed by atoms with E-state index >= 15 is 0 Å². The van der Waals surface area contributed by atoms with E-state index in [-0.39, 0.29) is 11.9 Å². The molecular weight excluding hydrogens is 264 g/mol. The highest BCUT2D eigenvalue weighted by atomic mass is 16.3. The molecule has 4 nitrogen and oxygen atoms in total. The largest absolute Gasteiger partial charge is 0.456 e. The number of aryl methyl sites for hydroxylation is 1. The molecule has 0 bridgehead atoms. The summed E-state index contributed by atoms with van der Waals surface area (Å²) < 4.78 is 5.32. The summed E-state index contributed by atoms with van der Waals surface area (Å²) >= 11 is 0. The number of anilines is 1. The van der Waals surface area contributed by atoms with Gasteiger partial charge < -0.3 is 15.1 Å². The highest BCUT2D eigenvalue weighted by molar-refractivity contribution is 6.02. The van der Waals surface area contributed by atoms with Gasteiger partial charge in [0.25, 0.3) is 5.91 Å². The lowest BCUT2D eigenvalue weighted by atomic mass is 10.1. The van der Waals surface area contributed by atoms with Gasteiger partial charge in [0.2, 0.25) is 0 Å². The van der Waals surface area contributed by atoms with Crippen molar-refractivity contribution in [2.75, 3.05) is 11.9 Å². The molecule has 0 saturated carbocycles. The van der Waals surface area contributed by atoms with Crippen molar-refractivity contribution in [1.29, 1.82) is 0 Å². The van der Waals surface area contributed by atoms with Gasteiger partial charge >= 0.3 is 0 Å². The first-order valence-electron chi connectivity index (χ1n) is 7.31. The Bertz CT molecular complexity index is 604. The fraction of sp³-hybridized carbons (Fsp3) is 0.353. The monoisotopic (exact) mass is 286 g/mol. The van der Waals surface area contributed by atoms with Crippen LogP contribution in [-0.2, 0) is 0 Å². The molecule has 1 amide bonds. The van der Waals surface area contributed by atoms with Gasteiger partial charge in [-0.25, -0.2) is 0 Å². The van der Waals surface area contributed by atoms with E-state index in [2.05, 4.69) is 30.5 Å². The lowest BCUT2D eigenvalue weighted by molar-refractivity contribution is 0.0995. The summed E-state index contributed by atoms with van der Waals surface area (Å²) in [6, 6.07) is 11.6. The Labute approximate surface area is 125 Å². The van der Waals surface area contributed by atoms with E-state index < -0.39 is 0 Å². The van der Waals surface area contributed by atoms with Gasteiger partial charge in [0, 0.05) is 11.7 Å². The van der Waals surface area contributed by atoms with E-state index in [9.17, 15) is 4.79 Å². The van der Waals surface area contributed by atoms with Crippen LogP contribution >= 0.6 is 0 Å². The molecule has 1 atom stereocenters. The minimum Gasteiger partial charge on any atom is -0.456 e. The fourth-order valence-electron chi connectivity index (χ4n) is 2.11. The zero-order valence-corrected chi connectivity index (χ0v) is 12.8. The third kappa shape index (κ3) is 4.20. The minimum absolute atomic E-state index is 0.227. The Kier molecular flexibility index (Phi) is 5.17. The molecule has 1 heterocycles. The smallest absolute Gasteiger partial charge is 0.291 e. The second-order valence-electron chi connectivity index (χ2n) is 5.17. The molecule has 0 radical (unpaired) electrons. The van der Waals surface area contributed by atoms with E-state index in [0.717, 1.165) is 30.0 Å². The van der Waals surface area contributed by atoms with Crippen molar-refractivity contribution in [3.63, 3.8) is 0 Å². The van der Waals surface area contributed by atoms with Crippen LogP contribution in [0, 0.1) is 6.92 Å². The summed E-state index contributed by atoms with van der Waals surface area (Å²) in [5.41, 5.74) is 1.92. The first-order chi connectivity index (χ1) is 10.1. The standard InChI is InChI=1S/C17H22N2O2/c1-4-10-18-13(3)14-6-5-7-15(11-14)19-17(20)16-9-8-12(2)21-16/h5-9,11,13,18H,4,10H2,1-3H3,(H,19,20). The first kappa shape index (κ1) is 15.3. The molecule has 2 aromatic rings. The van der Waals surface area contributed by atoms with Crippen LogP contribution in [0.3, 0.4) is 0 Å². The highest BCUT2D eigenvalue weighted by Crippen LogP contribution is 2.18. The zero-order valence-electron chi connectivity index (χ0n) is 12.8. The molecule has 0 aliphatic carbocycles. The third-order valence-corrected chi connectivity index (χ3v) is 3.31. The number of carbonyl (C=O) groups excluding carboxylic acids is 1. The van der Waals surface area contributed by atoms with Gasteiger partial charge in [-0.1, -0.05) is 19.1 Å². The molecule has 1 unspecified atom stereocenters. The van der Waals surface area contributed by atoms with Crippen molar-refractivity contribution in [3.05, 3.63) is 53.5 Å². The Morgan fingerprint density at radius 2 is 2.10 bits per heavy atom. The number of carbonyl (C=O) groups is 1. The van der Waals surface area contributed by atoms with Crippen LogP contribution in [-0.4, -0.2) is 12.5 Å². The molecule has 1 aromatic carbocycles. The summed E-state index contributed by atoms with van der Waals surface area (Å²) in [5.74, 6) is 0.829. The molecule has 4 heteroatoms. The molecule has 0 aliphatic heterocycles. The van der Waals surface area contributed by atoms with Crippen LogP contribution in [0.1, 0.15) is 48.2 Å². The van der Waals surface area contributed by atoms with Crippen LogP contribution in [0.15, 0.2) is 40.8 Å². The first-order valence-corrected chi connectivity index (χ1v) is 7.31. The van der Waals surface area contributed by atoms with Gasteiger partial charge in [-0.05, 0) is 56.6 Å². The van der Waals surface area contributed by atoms with Crippen LogP contribution < -0.4 is 10.6 Å². The van der Waals surface area contributed by atoms with E-state index in [1.54, 1.807) is 12.1 Å². The molecule has 112 valence electrons. The maximum absolute atomic E-state index is 12.1. The van der Waals surface area contributed by atoms with E-state index in [0.29, 0.717) is 5.76 Å². The number of hydrogen-bond acceptors (Lipinski definition) is 3. The highest BCUT2D eigenvalue weighted by Gasteiger charge is 2.11. The second kappa shape index (κ2) is 7.09. The average Bonchev–Trinajstić information content (AvgIpc) is 2.91. The topological polar surface area (TPSA) is 54.3 Å². The van der Waals surface area contributed by atoms with Gasteiger partial charge in [0.05, 0.1) is 0 Å². The maximum Gasteiger partial charge on any atom is 0.291 e. The lowest BCUT2D eigenvalue weighted by Crippen LogP contribution is -2.19. The molecular formula is C17H22N2O2. The van der Waals surface area contributed by atoms with E-state index in [1.807, 2.05) is 25.1 Å². The molecule has 0 fully saturated rings. The van der Waals surface area contributed by atoms with Gasteiger partial charge in [0.15, 0.2) is 5.76 Å². The maximum atomic E-state index is 12.1. The Morgan fingerprint density at radius 1 is 1.29 bits per heavy atom.